The van der Waals surface area contributed by atoms with Crippen LogP contribution in [-0.2, 0) is 11.8 Å². The van der Waals surface area contributed by atoms with Gasteiger partial charge in [0.25, 0.3) is 5.91 Å². The lowest BCUT2D eigenvalue weighted by atomic mass is 10.1. The number of methoxy groups -OCH3 is 1. The number of rotatable bonds is 6. The number of carbonyl (C=O) groups excluding carboxylic acids is 1. The van der Waals surface area contributed by atoms with Crippen LogP contribution in [0.4, 0.5) is 0 Å². The topological polar surface area (TPSA) is 93.5 Å². The molecule has 0 aliphatic heterocycles. The average Bonchev–Trinajstić information content (AvgIpc) is 2.69. The minimum atomic E-state index is -0.944. The zero-order chi connectivity index (χ0) is 13.7. The fourth-order valence-corrected chi connectivity index (χ4v) is 1.52. The lowest BCUT2D eigenvalue weighted by Crippen LogP contribution is -2.36. The molecule has 100 valence electrons. The van der Waals surface area contributed by atoms with Gasteiger partial charge in [-0.05, 0) is 6.42 Å². The number of hydrogen-bond acceptors (Lipinski definition) is 4. The van der Waals surface area contributed by atoms with Crippen molar-refractivity contribution < 1.29 is 19.4 Å². The molecule has 1 aromatic heterocycles. The van der Waals surface area contributed by atoms with E-state index in [4.69, 9.17) is 9.84 Å². The maximum Gasteiger partial charge on any atom is 0.305 e. The predicted octanol–water partition coefficient (Wildman–Crippen LogP) is 0.412. The highest BCUT2D eigenvalue weighted by molar-refractivity contribution is 5.93. The minimum Gasteiger partial charge on any atom is -0.481 e. The summed E-state index contributed by atoms with van der Waals surface area (Å²) in [5, 5.41) is 15.3. The van der Waals surface area contributed by atoms with E-state index >= 15 is 0 Å². The zero-order valence-electron chi connectivity index (χ0n) is 10.6. The summed E-state index contributed by atoms with van der Waals surface area (Å²) in [6, 6.07) is 1.10. The third kappa shape index (κ3) is 3.47. The SMILES string of the molecule is CCC(CC(=O)O)NC(=O)c1cc(OC)n(C)n1. The van der Waals surface area contributed by atoms with Crippen molar-refractivity contribution in [1.29, 1.82) is 0 Å². The quantitative estimate of drug-likeness (QED) is 0.768. The standard InChI is InChI=1S/C11H17N3O4/c1-4-7(5-10(15)16)12-11(17)8-6-9(18-3)14(2)13-8/h6-7H,4-5H2,1-3H3,(H,12,17)(H,15,16). The summed E-state index contributed by atoms with van der Waals surface area (Å²) >= 11 is 0. The minimum absolute atomic E-state index is 0.105. The molecule has 0 aliphatic carbocycles. The average molecular weight is 255 g/mol. The van der Waals surface area contributed by atoms with E-state index in [1.165, 1.54) is 17.9 Å². The first-order chi connectivity index (χ1) is 8.47. The van der Waals surface area contributed by atoms with Crippen LogP contribution >= 0.6 is 0 Å². The summed E-state index contributed by atoms with van der Waals surface area (Å²) in [7, 11) is 3.14. The van der Waals surface area contributed by atoms with Gasteiger partial charge in [-0.1, -0.05) is 6.92 Å². The first-order valence-corrected chi connectivity index (χ1v) is 5.58. The van der Waals surface area contributed by atoms with Crippen LogP contribution in [0.1, 0.15) is 30.3 Å². The Bertz CT molecular complexity index is 441. The van der Waals surface area contributed by atoms with Gasteiger partial charge in [0, 0.05) is 19.2 Å². The molecule has 0 saturated heterocycles. The maximum absolute atomic E-state index is 11.8. The number of carboxylic acid groups (broad SMARTS) is 1. The Kier molecular flexibility index (Phi) is 4.70. The normalized spacial score (nSPS) is 11.9. The summed E-state index contributed by atoms with van der Waals surface area (Å²) < 4.78 is 6.44. The molecule has 0 bridgehead atoms. The second-order valence-electron chi connectivity index (χ2n) is 3.87. The van der Waals surface area contributed by atoms with Gasteiger partial charge in [0.2, 0.25) is 5.88 Å². The molecule has 1 amide bonds. The third-order valence-electron chi connectivity index (χ3n) is 2.53. The van der Waals surface area contributed by atoms with Crippen molar-refractivity contribution in [2.45, 2.75) is 25.8 Å². The van der Waals surface area contributed by atoms with Gasteiger partial charge in [-0.15, -0.1) is 0 Å². The van der Waals surface area contributed by atoms with Crippen LogP contribution in [0.3, 0.4) is 0 Å². The van der Waals surface area contributed by atoms with Crippen LogP contribution in [0, 0.1) is 0 Å². The number of ether oxygens (including phenoxy) is 1. The van der Waals surface area contributed by atoms with Crippen LogP contribution in [0.15, 0.2) is 6.07 Å². The number of aromatic nitrogens is 2. The highest BCUT2D eigenvalue weighted by Crippen LogP contribution is 2.11. The number of amides is 1. The maximum atomic E-state index is 11.8. The van der Waals surface area contributed by atoms with Gasteiger partial charge in [-0.25, -0.2) is 4.68 Å². The van der Waals surface area contributed by atoms with Crippen LogP contribution in [0.25, 0.3) is 0 Å². The van der Waals surface area contributed by atoms with Crippen molar-refractivity contribution in [2.75, 3.05) is 7.11 Å². The van der Waals surface area contributed by atoms with Crippen molar-refractivity contribution in [3.63, 3.8) is 0 Å². The summed E-state index contributed by atoms with van der Waals surface area (Å²) in [5.41, 5.74) is 0.207. The molecule has 0 spiro atoms. The molecule has 0 fully saturated rings. The van der Waals surface area contributed by atoms with Crippen molar-refractivity contribution >= 4 is 11.9 Å². The Hall–Kier alpha value is -2.05. The van der Waals surface area contributed by atoms with E-state index in [2.05, 4.69) is 10.4 Å². The summed E-state index contributed by atoms with van der Waals surface area (Å²) in [6.45, 7) is 1.81. The van der Waals surface area contributed by atoms with E-state index in [9.17, 15) is 9.59 Å². The van der Waals surface area contributed by atoms with Crippen molar-refractivity contribution in [2.24, 2.45) is 7.05 Å². The highest BCUT2D eigenvalue weighted by Gasteiger charge is 2.18. The molecule has 1 aromatic rings. The smallest absolute Gasteiger partial charge is 0.305 e. The number of nitrogens with zero attached hydrogens (tertiary/aromatic N) is 2. The molecule has 1 atom stereocenters. The lowest BCUT2D eigenvalue weighted by Gasteiger charge is -2.13. The molecule has 0 aromatic carbocycles. The van der Waals surface area contributed by atoms with Crippen LogP contribution in [-0.4, -0.2) is 39.9 Å². The molecular formula is C11H17N3O4. The molecule has 0 aliphatic rings. The van der Waals surface area contributed by atoms with Crippen molar-refractivity contribution in [1.82, 2.24) is 15.1 Å². The fourth-order valence-electron chi connectivity index (χ4n) is 1.52. The van der Waals surface area contributed by atoms with Crippen molar-refractivity contribution in [3.8, 4) is 5.88 Å². The monoisotopic (exact) mass is 255 g/mol. The van der Waals surface area contributed by atoms with E-state index in [0.29, 0.717) is 12.3 Å². The molecule has 0 radical (unpaired) electrons. The first kappa shape index (κ1) is 14.0. The molecule has 18 heavy (non-hydrogen) atoms. The second-order valence-corrected chi connectivity index (χ2v) is 3.87. The van der Waals surface area contributed by atoms with Gasteiger partial charge in [-0.2, -0.15) is 5.10 Å². The molecular weight excluding hydrogens is 238 g/mol. The number of aliphatic carboxylic acids is 1. The molecule has 7 heteroatoms. The Labute approximate surface area is 105 Å². The third-order valence-corrected chi connectivity index (χ3v) is 2.53. The Balaban J connectivity index is 2.71. The predicted molar refractivity (Wildman–Crippen MR) is 63.6 cm³/mol. The molecule has 1 heterocycles. The Morgan fingerprint density at radius 1 is 1.61 bits per heavy atom. The summed E-state index contributed by atoms with van der Waals surface area (Å²) in [6.07, 6.45) is 0.439. The molecule has 1 unspecified atom stereocenters. The lowest BCUT2D eigenvalue weighted by molar-refractivity contribution is -0.137. The number of nitrogens with one attached hydrogen (secondary N) is 1. The van der Waals surface area contributed by atoms with Gasteiger partial charge in [0.15, 0.2) is 5.69 Å². The number of carboxylic acids is 1. The number of hydrogen-bond donors (Lipinski definition) is 2. The molecule has 1 rings (SSSR count). The molecule has 7 nitrogen and oxygen atoms in total. The van der Waals surface area contributed by atoms with Gasteiger partial charge in [-0.3, -0.25) is 9.59 Å². The Morgan fingerprint density at radius 3 is 2.72 bits per heavy atom. The van der Waals surface area contributed by atoms with E-state index in [-0.39, 0.29) is 12.1 Å². The molecule has 2 N–H and O–H groups in total. The number of aryl methyl sites for hydroxylation is 1. The second kappa shape index (κ2) is 6.04. The Morgan fingerprint density at radius 2 is 2.28 bits per heavy atom. The highest BCUT2D eigenvalue weighted by atomic mass is 16.5. The fraction of sp³-hybridized carbons (Fsp3) is 0.545. The van der Waals surface area contributed by atoms with E-state index in [1.54, 1.807) is 7.05 Å². The van der Waals surface area contributed by atoms with Gasteiger partial charge in [0.05, 0.1) is 13.5 Å². The summed E-state index contributed by atoms with van der Waals surface area (Å²) in [4.78, 5) is 22.4. The number of carbonyl (C=O) groups is 2. The first-order valence-electron chi connectivity index (χ1n) is 5.58. The molecule has 0 saturated carbocycles. The zero-order valence-corrected chi connectivity index (χ0v) is 10.6. The van der Waals surface area contributed by atoms with E-state index in [0.717, 1.165) is 0 Å². The van der Waals surface area contributed by atoms with Crippen molar-refractivity contribution in [3.05, 3.63) is 11.8 Å². The van der Waals surface area contributed by atoms with Gasteiger partial charge in [0.1, 0.15) is 0 Å². The van der Waals surface area contributed by atoms with Gasteiger partial charge >= 0.3 is 5.97 Å². The van der Waals surface area contributed by atoms with Crippen LogP contribution in [0.2, 0.25) is 0 Å². The van der Waals surface area contributed by atoms with Crippen LogP contribution in [0.5, 0.6) is 5.88 Å². The summed E-state index contributed by atoms with van der Waals surface area (Å²) in [5.74, 6) is -0.880. The van der Waals surface area contributed by atoms with E-state index < -0.39 is 17.9 Å². The van der Waals surface area contributed by atoms with E-state index in [1.807, 2.05) is 6.92 Å². The van der Waals surface area contributed by atoms with Gasteiger partial charge < -0.3 is 15.2 Å². The van der Waals surface area contributed by atoms with Crippen LogP contribution < -0.4 is 10.1 Å². The largest absolute Gasteiger partial charge is 0.481 e.